The van der Waals surface area contributed by atoms with E-state index in [0.29, 0.717) is 16.3 Å². The van der Waals surface area contributed by atoms with Crippen molar-refractivity contribution in [3.8, 4) is 0 Å². The summed E-state index contributed by atoms with van der Waals surface area (Å²) in [6, 6.07) is 7.03. The molecule has 1 aromatic carbocycles. The third-order valence-corrected chi connectivity index (χ3v) is 3.26. The van der Waals surface area contributed by atoms with Gasteiger partial charge in [0.05, 0.1) is 16.7 Å². The minimum absolute atomic E-state index is 0.184. The van der Waals surface area contributed by atoms with E-state index in [9.17, 15) is 4.79 Å². The third kappa shape index (κ3) is 2.26. The summed E-state index contributed by atoms with van der Waals surface area (Å²) < 4.78 is 0. The van der Waals surface area contributed by atoms with E-state index in [4.69, 9.17) is 11.6 Å². The molecule has 98 valence electrons. The van der Waals surface area contributed by atoms with Crippen LogP contribution in [0.2, 0.25) is 5.02 Å². The lowest BCUT2D eigenvalue weighted by Crippen LogP contribution is -2.04. The molecule has 0 aliphatic carbocycles. The molecular weight excluding hydrogens is 274 g/mol. The number of halogens is 1. The van der Waals surface area contributed by atoms with Crippen molar-refractivity contribution in [1.82, 2.24) is 15.0 Å². The van der Waals surface area contributed by atoms with Crippen molar-refractivity contribution in [1.29, 1.82) is 0 Å². The number of benzene rings is 1. The topological polar surface area (TPSA) is 55.7 Å². The summed E-state index contributed by atoms with van der Waals surface area (Å²) in [7, 11) is 0. The van der Waals surface area contributed by atoms with E-state index in [-0.39, 0.29) is 5.78 Å². The van der Waals surface area contributed by atoms with Crippen LogP contribution < -0.4 is 0 Å². The van der Waals surface area contributed by atoms with Gasteiger partial charge in [-0.05, 0) is 31.2 Å². The minimum atomic E-state index is -0.184. The average Bonchev–Trinajstić information content (AvgIpc) is 2.47. The molecule has 0 unspecified atom stereocenters. The van der Waals surface area contributed by atoms with Gasteiger partial charge in [-0.3, -0.25) is 14.8 Å². The third-order valence-electron chi connectivity index (χ3n) is 2.94. The smallest absolute Gasteiger partial charge is 0.212 e. The normalized spacial score (nSPS) is 10.7. The van der Waals surface area contributed by atoms with Crippen LogP contribution in [0.1, 0.15) is 21.7 Å². The van der Waals surface area contributed by atoms with E-state index in [1.807, 2.05) is 6.92 Å². The number of nitrogens with zero attached hydrogens (tertiary/aromatic N) is 3. The Kier molecular flexibility index (Phi) is 3.16. The number of carbonyl (C=O) groups is 1. The van der Waals surface area contributed by atoms with Gasteiger partial charge in [-0.15, -0.1) is 0 Å². The first-order chi connectivity index (χ1) is 9.65. The molecule has 20 heavy (non-hydrogen) atoms. The predicted octanol–water partition coefficient (Wildman–Crippen LogP) is 3.22. The first kappa shape index (κ1) is 12.7. The Hall–Kier alpha value is -2.33. The zero-order valence-corrected chi connectivity index (χ0v) is 11.4. The first-order valence-electron chi connectivity index (χ1n) is 6.03. The Morgan fingerprint density at radius 2 is 2.05 bits per heavy atom. The van der Waals surface area contributed by atoms with Crippen molar-refractivity contribution in [2.75, 3.05) is 0 Å². The van der Waals surface area contributed by atoms with Gasteiger partial charge < -0.3 is 0 Å². The van der Waals surface area contributed by atoms with Gasteiger partial charge in [0.25, 0.3) is 0 Å². The number of aryl methyl sites for hydroxylation is 1. The fraction of sp³-hybridized carbons (Fsp3) is 0.0667. The van der Waals surface area contributed by atoms with Gasteiger partial charge in [-0.2, -0.15) is 0 Å². The van der Waals surface area contributed by atoms with E-state index in [1.165, 1.54) is 18.6 Å². The lowest BCUT2D eigenvalue weighted by molar-refractivity contribution is 0.103. The summed E-state index contributed by atoms with van der Waals surface area (Å²) in [5, 5.41) is 1.34. The summed E-state index contributed by atoms with van der Waals surface area (Å²) in [5.41, 5.74) is 2.44. The highest BCUT2D eigenvalue weighted by atomic mass is 35.5. The standard InChI is InChI=1S/C15H10ClN3O/c1-9-6-12(16)11-7-10(2-3-13(11)19-9)15(20)14-8-17-4-5-18-14/h2-8H,1H3. The summed E-state index contributed by atoms with van der Waals surface area (Å²) in [6.07, 6.45) is 4.47. The number of fused-ring (bicyclic) bond motifs is 1. The van der Waals surface area contributed by atoms with Crippen LogP contribution in [0.5, 0.6) is 0 Å². The molecule has 3 rings (SSSR count). The minimum Gasteiger partial charge on any atom is -0.287 e. The van der Waals surface area contributed by atoms with E-state index >= 15 is 0 Å². The highest BCUT2D eigenvalue weighted by molar-refractivity contribution is 6.35. The number of aromatic nitrogens is 3. The second-order valence-corrected chi connectivity index (χ2v) is 4.80. The fourth-order valence-corrected chi connectivity index (χ4v) is 2.32. The Balaban J connectivity index is 2.12. The van der Waals surface area contributed by atoms with E-state index in [1.54, 1.807) is 24.3 Å². The van der Waals surface area contributed by atoms with Crippen molar-refractivity contribution in [3.05, 3.63) is 64.8 Å². The Morgan fingerprint density at radius 1 is 1.20 bits per heavy atom. The van der Waals surface area contributed by atoms with E-state index in [0.717, 1.165) is 16.6 Å². The van der Waals surface area contributed by atoms with Crippen LogP contribution in [0.25, 0.3) is 10.9 Å². The summed E-state index contributed by atoms with van der Waals surface area (Å²) in [5.74, 6) is -0.184. The fourth-order valence-electron chi connectivity index (χ4n) is 2.01. The van der Waals surface area contributed by atoms with Crippen LogP contribution in [0.15, 0.2) is 42.9 Å². The molecule has 0 aliphatic rings. The van der Waals surface area contributed by atoms with Gasteiger partial charge in [0.1, 0.15) is 5.69 Å². The molecule has 0 spiro atoms. The monoisotopic (exact) mass is 283 g/mol. The van der Waals surface area contributed by atoms with Crippen LogP contribution in [-0.2, 0) is 0 Å². The van der Waals surface area contributed by atoms with Gasteiger partial charge in [0.15, 0.2) is 0 Å². The number of carbonyl (C=O) groups excluding carboxylic acids is 1. The molecule has 0 saturated heterocycles. The lowest BCUT2D eigenvalue weighted by atomic mass is 10.1. The van der Waals surface area contributed by atoms with Crippen LogP contribution in [-0.4, -0.2) is 20.7 Å². The molecule has 0 aliphatic heterocycles. The number of rotatable bonds is 2. The molecule has 0 bridgehead atoms. The number of ketones is 1. The molecule has 0 amide bonds. The Bertz CT molecular complexity index is 803. The summed E-state index contributed by atoms with van der Waals surface area (Å²) in [6.45, 7) is 1.88. The molecule has 0 radical (unpaired) electrons. The zero-order chi connectivity index (χ0) is 14.1. The Labute approximate surface area is 120 Å². The lowest BCUT2D eigenvalue weighted by Gasteiger charge is -2.05. The van der Waals surface area contributed by atoms with Crippen LogP contribution in [0.3, 0.4) is 0 Å². The maximum Gasteiger partial charge on any atom is 0.212 e. The largest absolute Gasteiger partial charge is 0.287 e. The molecule has 0 N–H and O–H groups in total. The number of hydrogen-bond acceptors (Lipinski definition) is 4. The second kappa shape index (κ2) is 4.98. The maximum atomic E-state index is 12.3. The van der Waals surface area contributed by atoms with Gasteiger partial charge in [-0.1, -0.05) is 11.6 Å². The van der Waals surface area contributed by atoms with Crippen LogP contribution in [0.4, 0.5) is 0 Å². The second-order valence-electron chi connectivity index (χ2n) is 4.40. The number of pyridine rings is 1. The molecule has 4 nitrogen and oxygen atoms in total. The maximum absolute atomic E-state index is 12.3. The molecular formula is C15H10ClN3O. The van der Waals surface area contributed by atoms with Crippen molar-refractivity contribution in [2.24, 2.45) is 0 Å². The highest BCUT2D eigenvalue weighted by Crippen LogP contribution is 2.24. The van der Waals surface area contributed by atoms with Crippen molar-refractivity contribution in [2.45, 2.75) is 6.92 Å². The first-order valence-corrected chi connectivity index (χ1v) is 6.40. The van der Waals surface area contributed by atoms with Crippen LogP contribution in [0, 0.1) is 6.92 Å². The van der Waals surface area contributed by atoms with Gasteiger partial charge in [-0.25, -0.2) is 4.98 Å². The van der Waals surface area contributed by atoms with Gasteiger partial charge in [0.2, 0.25) is 5.78 Å². The summed E-state index contributed by atoms with van der Waals surface area (Å²) >= 11 is 6.21. The van der Waals surface area contributed by atoms with Crippen molar-refractivity contribution >= 4 is 28.3 Å². The highest BCUT2D eigenvalue weighted by Gasteiger charge is 2.12. The quantitative estimate of drug-likeness (QED) is 0.678. The number of hydrogen-bond donors (Lipinski definition) is 0. The molecule has 5 heteroatoms. The molecule has 0 fully saturated rings. The molecule has 2 aromatic heterocycles. The molecule has 0 saturated carbocycles. The van der Waals surface area contributed by atoms with Crippen LogP contribution >= 0.6 is 11.6 Å². The summed E-state index contributed by atoms with van der Waals surface area (Å²) in [4.78, 5) is 24.6. The van der Waals surface area contributed by atoms with E-state index in [2.05, 4.69) is 15.0 Å². The average molecular weight is 284 g/mol. The van der Waals surface area contributed by atoms with Crippen molar-refractivity contribution < 1.29 is 4.79 Å². The molecule has 3 aromatic rings. The van der Waals surface area contributed by atoms with E-state index < -0.39 is 0 Å². The predicted molar refractivity (Wildman–Crippen MR) is 77.0 cm³/mol. The molecule has 2 heterocycles. The molecule has 0 atom stereocenters. The zero-order valence-electron chi connectivity index (χ0n) is 10.7. The van der Waals surface area contributed by atoms with Gasteiger partial charge in [0, 0.05) is 29.0 Å². The SMILES string of the molecule is Cc1cc(Cl)c2cc(C(=O)c3cnccn3)ccc2n1. The Morgan fingerprint density at radius 3 is 2.80 bits per heavy atom. The van der Waals surface area contributed by atoms with Gasteiger partial charge >= 0.3 is 0 Å². The van der Waals surface area contributed by atoms with Crippen molar-refractivity contribution in [3.63, 3.8) is 0 Å².